The molecule has 0 aliphatic carbocycles. The van der Waals surface area contributed by atoms with Gasteiger partial charge >= 0.3 is 0 Å². The number of amides is 3. The molecule has 35 heavy (non-hydrogen) atoms. The summed E-state index contributed by atoms with van der Waals surface area (Å²) in [4.78, 5) is 51.1. The Kier molecular flexibility index (Phi) is 5.74. The molecule has 3 aromatic carbocycles. The second-order valence-electron chi connectivity index (χ2n) is 8.46. The largest absolute Gasteiger partial charge is 0.455 e. The van der Waals surface area contributed by atoms with Crippen molar-refractivity contribution in [2.24, 2.45) is 0 Å². The maximum atomic E-state index is 13.2. The zero-order chi connectivity index (χ0) is 24.5. The average molecular weight is 466 g/mol. The van der Waals surface area contributed by atoms with E-state index in [0.717, 1.165) is 11.1 Å². The number of carbonyl (C=O) groups excluding carboxylic acids is 3. The fraction of sp³-hybridized carbons (Fsp3) is 0.143. The summed E-state index contributed by atoms with van der Waals surface area (Å²) in [6, 6.07) is 21.1. The zero-order valence-corrected chi connectivity index (χ0v) is 19.0. The highest BCUT2D eigenvalue weighted by atomic mass is 16.3. The lowest BCUT2D eigenvalue weighted by molar-refractivity contribution is -0.139. The van der Waals surface area contributed by atoms with Gasteiger partial charge in [0.25, 0.3) is 5.91 Å². The number of nitrogens with one attached hydrogen (secondary N) is 1. The van der Waals surface area contributed by atoms with Gasteiger partial charge in [-0.2, -0.15) is 0 Å². The minimum atomic E-state index is -0.417. The SMILES string of the molecule is Cc1c(-c2ccccc2)oc2c(C(=O)Nc3ccc(CN4C(=O)CCC4=O)cc3)cccc2c1=O. The molecule has 0 bridgehead atoms. The Morgan fingerprint density at radius 3 is 2.26 bits per heavy atom. The minimum Gasteiger partial charge on any atom is -0.455 e. The van der Waals surface area contributed by atoms with Crippen molar-refractivity contribution in [2.45, 2.75) is 26.3 Å². The molecule has 1 saturated heterocycles. The second kappa shape index (κ2) is 9.02. The molecule has 1 aromatic heterocycles. The van der Waals surface area contributed by atoms with Crippen LogP contribution in [0.2, 0.25) is 0 Å². The van der Waals surface area contributed by atoms with Gasteiger partial charge in [0.2, 0.25) is 11.8 Å². The van der Waals surface area contributed by atoms with Gasteiger partial charge in [-0.25, -0.2) is 0 Å². The van der Waals surface area contributed by atoms with E-state index in [2.05, 4.69) is 5.32 Å². The van der Waals surface area contributed by atoms with Crippen molar-refractivity contribution in [1.29, 1.82) is 0 Å². The number of hydrogen-bond donors (Lipinski definition) is 1. The van der Waals surface area contributed by atoms with Crippen molar-refractivity contribution in [3.05, 3.63) is 99.7 Å². The van der Waals surface area contributed by atoms with Crippen LogP contribution in [0.25, 0.3) is 22.3 Å². The number of imide groups is 1. The Labute approximate surface area is 201 Å². The number of nitrogens with zero attached hydrogens (tertiary/aromatic N) is 1. The van der Waals surface area contributed by atoms with E-state index in [1.807, 2.05) is 30.3 Å². The van der Waals surface area contributed by atoms with Crippen LogP contribution in [-0.2, 0) is 16.1 Å². The maximum Gasteiger partial charge on any atom is 0.259 e. The number of fused-ring (bicyclic) bond motifs is 1. The Bertz CT molecular complexity index is 1510. The monoisotopic (exact) mass is 466 g/mol. The number of likely N-dealkylation sites (tertiary alicyclic amines) is 1. The number of benzene rings is 3. The second-order valence-corrected chi connectivity index (χ2v) is 8.46. The number of para-hydroxylation sites is 1. The third-order valence-corrected chi connectivity index (χ3v) is 6.13. The van der Waals surface area contributed by atoms with Crippen LogP contribution in [0.15, 0.2) is 82.0 Å². The summed E-state index contributed by atoms with van der Waals surface area (Å²) in [5.74, 6) is -0.331. The molecule has 7 nitrogen and oxygen atoms in total. The molecule has 0 spiro atoms. The highest BCUT2D eigenvalue weighted by molar-refractivity contribution is 6.11. The summed E-state index contributed by atoms with van der Waals surface area (Å²) in [7, 11) is 0. The number of rotatable bonds is 5. The van der Waals surface area contributed by atoms with Gasteiger partial charge in [-0.1, -0.05) is 48.5 Å². The first-order valence-corrected chi connectivity index (χ1v) is 11.3. The number of hydrogen-bond acceptors (Lipinski definition) is 5. The molecule has 1 fully saturated rings. The molecule has 1 N–H and O–H groups in total. The van der Waals surface area contributed by atoms with Crippen molar-refractivity contribution in [3.8, 4) is 11.3 Å². The van der Waals surface area contributed by atoms with Gasteiger partial charge in [-0.3, -0.25) is 24.1 Å². The van der Waals surface area contributed by atoms with Crippen molar-refractivity contribution in [1.82, 2.24) is 4.90 Å². The highest BCUT2D eigenvalue weighted by Gasteiger charge is 2.28. The number of anilines is 1. The molecule has 0 saturated carbocycles. The van der Waals surface area contributed by atoms with E-state index >= 15 is 0 Å². The quantitative estimate of drug-likeness (QED) is 0.431. The molecule has 1 aliphatic heterocycles. The summed E-state index contributed by atoms with van der Waals surface area (Å²) in [6.07, 6.45) is 0.499. The van der Waals surface area contributed by atoms with E-state index in [4.69, 9.17) is 4.42 Å². The molecule has 4 aromatic rings. The Morgan fingerprint density at radius 1 is 0.886 bits per heavy atom. The van der Waals surface area contributed by atoms with Gasteiger partial charge in [0.05, 0.1) is 17.5 Å². The van der Waals surface area contributed by atoms with Crippen LogP contribution in [0.3, 0.4) is 0 Å². The molecule has 2 heterocycles. The van der Waals surface area contributed by atoms with E-state index < -0.39 is 5.91 Å². The number of carbonyl (C=O) groups is 3. The van der Waals surface area contributed by atoms with E-state index in [0.29, 0.717) is 22.4 Å². The summed E-state index contributed by atoms with van der Waals surface area (Å²) in [5.41, 5.74) is 2.83. The summed E-state index contributed by atoms with van der Waals surface area (Å²) in [6.45, 7) is 1.92. The lowest BCUT2D eigenvalue weighted by Gasteiger charge is -2.14. The Balaban J connectivity index is 1.43. The first-order valence-electron chi connectivity index (χ1n) is 11.3. The van der Waals surface area contributed by atoms with Crippen LogP contribution in [0, 0.1) is 6.92 Å². The summed E-state index contributed by atoms with van der Waals surface area (Å²) >= 11 is 0. The van der Waals surface area contributed by atoms with E-state index in [1.54, 1.807) is 49.4 Å². The van der Waals surface area contributed by atoms with Crippen molar-refractivity contribution in [2.75, 3.05) is 5.32 Å². The minimum absolute atomic E-state index is 0.171. The fourth-order valence-electron chi connectivity index (χ4n) is 4.23. The first-order chi connectivity index (χ1) is 16.9. The summed E-state index contributed by atoms with van der Waals surface area (Å²) < 4.78 is 6.13. The predicted molar refractivity (Wildman–Crippen MR) is 132 cm³/mol. The van der Waals surface area contributed by atoms with Crippen LogP contribution < -0.4 is 10.7 Å². The Morgan fingerprint density at radius 2 is 1.57 bits per heavy atom. The van der Waals surface area contributed by atoms with Crippen LogP contribution >= 0.6 is 0 Å². The molecule has 1 aliphatic rings. The van der Waals surface area contributed by atoms with E-state index in [1.165, 1.54) is 4.90 Å². The molecule has 0 atom stereocenters. The molecule has 5 rings (SSSR count). The zero-order valence-electron chi connectivity index (χ0n) is 19.0. The summed E-state index contributed by atoms with van der Waals surface area (Å²) in [5, 5.41) is 3.17. The third-order valence-electron chi connectivity index (χ3n) is 6.13. The molecule has 174 valence electrons. The Hall–Kier alpha value is -4.52. The van der Waals surface area contributed by atoms with Crippen LogP contribution in [-0.4, -0.2) is 22.6 Å². The first kappa shape index (κ1) is 22.3. The third kappa shape index (κ3) is 4.24. The molecule has 7 heteroatoms. The van der Waals surface area contributed by atoms with Gasteiger partial charge in [0.15, 0.2) is 11.0 Å². The van der Waals surface area contributed by atoms with Crippen molar-refractivity contribution in [3.63, 3.8) is 0 Å². The highest BCUT2D eigenvalue weighted by Crippen LogP contribution is 2.28. The normalized spacial score (nSPS) is 13.5. The standard InChI is InChI=1S/C28H22N2O5/c1-17-25(33)21-8-5-9-22(27(21)35-26(17)19-6-3-2-4-7-19)28(34)29-20-12-10-18(11-13-20)16-30-23(31)14-15-24(30)32/h2-13H,14-16H2,1H3,(H,29,34). The van der Waals surface area contributed by atoms with Crippen molar-refractivity contribution >= 4 is 34.4 Å². The lowest BCUT2D eigenvalue weighted by atomic mass is 10.0. The van der Waals surface area contributed by atoms with Crippen LogP contribution in [0.1, 0.15) is 34.3 Å². The van der Waals surface area contributed by atoms with Gasteiger partial charge in [0.1, 0.15) is 5.76 Å². The van der Waals surface area contributed by atoms with E-state index in [9.17, 15) is 19.2 Å². The lowest BCUT2D eigenvalue weighted by Crippen LogP contribution is -2.28. The molecule has 0 unspecified atom stereocenters. The van der Waals surface area contributed by atoms with Gasteiger partial charge < -0.3 is 9.73 Å². The van der Waals surface area contributed by atoms with Gasteiger partial charge in [-0.05, 0) is 36.8 Å². The van der Waals surface area contributed by atoms with Gasteiger partial charge in [0, 0.05) is 29.7 Å². The van der Waals surface area contributed by atoms with Crippen LogP contribution in [0.4, 0.5) is 5.69 Å². The smallest absolute Gasteiger partial charge is 0.259 e. The van der Waals surface area contributed by atoms with E-state index in [-0.39, 0.29) is 47.8 Å². The topological polar surface area (TPSA) is 96.7 Å². The molecule has 0 radical (unpaired) electrons. The average Bonchev–Trinajstić information content (AvgIpc) is 3.19. The van der Waals surface area contributed by atoms with Crippen molar-refractivity contribution < 1.29 is 18.8 Å². The molecular formula is C28H22N2O5. The fourth-order valence-corrected chi connectivity index (χ4v) is 4.23. The predicted octanol–water partition coefficient (Wildman–Crippen LogP) is 4.67. The van der Waals surface area contributed by atoms with Crippen LogP contribution in [0.5, 0.6) is 0 Å². The molecule has 3 amide bonds. The maximum absolute atomic E-state index is 13.2. The molecular weight excluding hydrogens is 444 g/mol. The van der Waals surface area contributed by atoms with Gasteiger partial charge in [-0.15, -0.1) is 0 Å².